The van der Waals surface area contributed by atoms with E-state index in [1.807, 2.05) is 79.7 Å². The zero-order valence-electron chi connectivity index (χ0n) is 20.8. The van der Waals surface area contributed by atoms with Crippen LogP contribution in [-0.2, 0) is 15.9 Å². The van der Waals surface area contributed by atoms with Gasteiger partial charge >= 0.3 is 0 Å². The molecule has 0 spiro atoms. The van der Waals surface area contributed by atoms with Crippen molar-refractivity contribution >= 4 is 18.2 Å². The summed E-state index contributed by atoms with van der Waals surface area (Å²) in [6.07, 6.45) is 9.23. The molecule has 0 aliphatic heterocycles. The lowest BCUT2D eigenvalue weighted by molar-refractivity contribution is -0.0382. The molecule has 0 aromatic heterocycles. The number of ether oxygens (including phenoxy) is 3. The normalized spacial score (nSPS) is 13.3. The highest BCUT2D eigenvalue weighted by Gasteiger charge is 2.21. The van der Waals surface area contributed by atoms with Crippen molar-refractivity contribution in [2.75, 3.05) is 7.11 Å². The van der Waals surface area contributed by atoms with Crippen molar-refractivity contribution in [2.45, 2.75) is 39.1 Å². The van der Waals surface area contributed by atoms with Gasteiger partial charge in [-0.15, -0.1) is 0 Å². The number of methoxy groups -OCH3 is 1. The fourth-order valence-corrected chi connectivity index (χ4v) is 3.58. The second-order valence-corrected chi connectivity index (χ2v) is 8.88. The number of aliphatic hydroxyl groups is 1. The maximum atomic E-state index is 8.96. The lowest BCUT2D eigenvalue weighted by atomic mass is 9.97. The van der Waals surface area contributed by atoms with Gasteiger partial charge in [0.15, 0.2) is 6.29 Å². The molecule has 0 fully saturated rings. The molecular formula is C31H34O4. The first-order valence-electron chi connectivity index (χ1n) is 11.7. The summed E-state index contributed by atoms with van der Waals surface area (Å²) in [7, 11) is 1.62. The molecular weight excluding hydrogens is 436 g/mol. The molecule has 0 saturated heterocycles. The standard InChI is InChI=1S/C31H34O4/c1-24(33-4)34-29-17-14-25(15-18-29)16-19-30(22-27-8-6-5-7-9-27)35-31(2,3)23-28-12-10-26(11-13-28)20-21-32/h5-22,24,32H,23H2,1-4H3. The van der Waals surface area contributed by atoms with Crippen molar-refractivity contribution in [1.29, 1.82) is 0 Å². The van der Waals surface area contributed by atoms with Crippen LogP contribution in [0.2, 0.25) is 0 Å². The Kier molecular flexibility index (Phi) is 9.33. The van der Waals surface area contributed by atoms with Gasteiger partial charge in [0.2, 0.25) is 0 Å². The van der Waals surface area contributed by atoms with Crippen LogP contribution in [-0.4, -0.2) is 24.1 Å². The van der Waals surface area contributed by atoms with E-state index in [0.29, 0.717) is 0 Å². The Labute approximate surface area is 208 Å². The molecule has 0 amide bonds. The Morgan fingerprint density at radius 2 is 1.49 bits per heavy atom. The molecule has 182 valence electrons. The van der Waals surface area contributed by atoms with E-state index < -0.39 is 5.60 Å². The number of rotatable bonds is 11. The van der Waals surface area contributed by atoms with E-state index in [-0.39, 0.29) is 6.29 Å². The zero-order chi connectivity index (χ0) is 25.1. The SMILES string of the molecule is COC(C)Oc1ccc(C=CC(=Cc2ccccc2)OC(C)(C)Cc2ccc(C=CO)cc2)cc1. The number of benzene rings is 3. The second-order valence-electron chi connectivity index (χ2n) is 8.88. The van der Waals surface area contributed by atoms with Gasteiger partial charge in [-0.25, -0.2) is 0 Å². The van der Waals surface area contributed by atoms with E-state index in [1.165, 1.54) is 0 Å². The second kappa shape index (κ2) is 12.6. The number of hydrogen-bond donors (Lipinski definition) is 1. The Bertz CT molecular complexity index is 1120. The van der Waals surface area contributed by atoms with Gasteiger partial charge in [0.1, 0.15) is 17.1 Å². The molecule has 1 N–H and O–H groups in total. The van der Waals surface area contributed by atoms with Crippen LogP contribution < -0.4 is 4.74 Å². The van der Waals surface area contributed by atoms with Crippen LogP contribution >= 0.6 is 0 Å². The summed E-state index contributed by atoms with van der Waals surface area (Å²) in [6, 6.07) is 26.1. The molecule has 0 aliphatic carbocycles. The lowest BCUT2D eigenvalue weighted by Gasteiger charge is -2.27. The molecule has 3 aromatic rings. The van der Waals surface area contributed by atoms with Gasteiger partial charge in [-0.3, -0.25) is 0 Å². The Balaban J connectivity index is 1.77. The highest BCUT2D eigenvalue weighted by molar-refractivity contribution is 5.60. The van der Waals surface area contributed by atoms with Gasteiger partial charge in [0.25, 0.3) is 0 Å². The molecule has 3 rings (SSSR count). The first kappa shape index (κ1) is 25.9. The van der Waals surface area contributed by atoms with Gasteiger partial charge in [0.05, 0.1) is 6.26 Å². The summed E-state index contributed by atoms with van der Waals surface area (Å²) in [6.45, 7) is 6.03. The third kappa shape index (κ3) is 8.84. The Morgan fingerprint density at radius 1 is 0.857 bits per heavy atom. The lowest BCUT2D eigenvalue weighted by Crippen LogP contribution is -2.26. The van der Waals surface area contributed by atoms with E-state index in [2.05, 4.69) is 38.1 Å². The van der Waals surface area contributed by atoms with Crippen molar-refractivity contribution in [1.82, 2.24) is 0 Å². The summed E-state index contributed by atoms with van der Waals surface area (Å²) in [5.41, 5.74) is 3.79. The average Bonchev–Trinajstić information content (AvgIpc) is 2.85. The fourth-order valence-electron chi connectivity index (χ4n) is 3.58. The van der Waals surface area contributed by atoms with Gasteiger partial charge in [-0.2, -0.15) is 0 Å². The highest BCUT2D eigenvalue weighted by atomic mass is 16.7. The van der Waals surface area contributed by atoms with Crippen molar-refractivity contribution < 1.29 is 19.3 Å². The van der Waals surface area contributed by atoms with Crippen LogP contribution in [0.15, 0.2) is 97.0 Å². The molecule has 4 heteroatoms. The number of allylic oxidation sites excluding steroid dienone is 1. The van der Waals surface area contributed by atoms with Crippen LogP contribution in [0, 0.1) is 0 Å². The van der Waals surface area contributed by atoms with Gasteiger partial charge in [-0.1, -0.05) is 72.8 Å². The van der Waals surface area contributed by atoms with Gasteiger partial charge in [0, 0.05) is 13.5 Å². The molecule has 0 radical (unpaired) electrons. The maximum absolute atomic E-state index is 8.96. The largest absolute Gasteiger partial charge is 0.516 e. The monoisotopic (exact) mass is 470 g/mol. The van der Waals surface area contributed by atoms with Crippen molar-refractivity contribution in [2.24, 2.45) is 0 Å². The molecule has 35 heavy (non-hydrogen) atoms. The number of hydrogen-bond acceptors (Lipinski definition) is 4. The fraction of sp³-hybridized carbons (Fsp3) is 0.226. The van der Waals surface area contributed by atoms with Crippen LogP contribution in [0.3, 0.4) is 0 Å². The van der Waals surface area contributed by atoms with E-state index in [4.69, 9.17) is 19.3 Å². The quantitative estimate of drug-likeness (QED) is 0.177. The Morgan fingerprint density at radius 3 is 2.11 bits per heavy atom. The average molecular weight is 471 g/mol. The van der Waals surface area contributed by atoms with E-state index >= 15 is 0 Å². The summed E-state index contributed by atoms with van der Waals surface area (Å²) >= 11 is 0. The minimum absolute atomic E-state index is 0.297. The summed E-state index contributed by atoms with van der Waals surface area (Å²) < 4.78 is 17.3. The molecule has 1 unspecified atom stereocenters. The molecule has 3 aromatic carbocycles. The summed E-state index contributed by atoms with van der Waals surface area (Å²) in [4.78, 5) is 0. The van der Waals surface area contributed by atoms with Crippen LogP contribution in [0.4, 0.5) is 0 Å². The molecule has 4 nitrogen and oxygen atoms in total. The smallest absolute Gasteiger partial charge is 0.196 e. The van der Waals surface area contributed by atoms with E-state index in [1.54, 1.807) is 13.2 Å². The topological polar surface area (TPSA) is 47.9 Å². The highest BCUT2D eigenvalue weighted by Crippen LogP contribution is 2.24. The van der Waals surface area contributed by atoms with E-state index in [9.17, 15) is 0 Å². The predicted molar refractivity (Wildman–Crippen MR) is 144 cm³/mol. The maximum Gasteiger partial charge on any atom is 0.196 e. The number of aliphatic hydroxyl groups excluding tert-OH is 1. The van der Waals surface area contributed by atoms with Crippen LogP contribution in [0.25, 0.3) is 18.2 Å². The van der Waals surface area contributed by atoms with Crippen LogP contribution in [0.5, 0.6) is 5.75 Å². The minimum Gasteiger partial charge on any atom is -0.516 e. The first-order chi connectivity index (χ1) is 16.9. The molecule has 0 saturated carbocycles. The first-order valence-corrected chi connectivity index (χ1v) is 11.7. The van der Waals surface area contributed by atoms with Crippen molar-refractivity contribution in [3.63, 3.8) is 0 Å². The van der Waals surface area contributed by atoms with Gasteiger partial charge in [-0.05, 0) is 73.4 Å². The third-order valence-electron chi connectivity index (χ3n) is 5.33. The summed E-state index contributed by atoms with van der Waals surface area (Å²) in [5.74, 6) is 1.53. The third-order valence-corrected chi connectivity index (χ3v) is 5.33. The van der Waals surface area contributed by atoms with E-state index in [0.717, 1.165) is 46.4 Å². The minimum atomic E-state index is -0.437. The summed E-state index contributed by atoms with van der Waals surface area (Å²) in [5, 5.41) is 8.96. The van der Waals surface area contributed by atoms with Crippen LogP contribution in [0.1, 0.15) is 43.0 Å². The predicted octanol–water partition coefficient (Wildman–Crippen LogP) is 7.68. The van der Waals surface area contributed by atoms with Crippen molar-refractivity contribution in [3.8, 4) is 5.75 Å². The zero-order valence-corrected chi connectivity index (χ0v) is 20.8. The van der Waals surface area contributed by atoms with Crippen molar-refractivity contribution in [3.05, 3.63) is 119 Å². The molecule has 0 aliphatic rings. The molecule has 1 atom stereocenters. The van der Waals surface area contributed by atoms with Gasteiger partial charge < -0.3 is 19.3 Å². The Hall–Kier alpha value is -3.76. The molecule has 0 heterocycles. The molecule has 0 bridgehead atoms.